The maximum absolute atomic E-state index is 4.09. The van der Waals surface area contributed by atoms with Gasteiger partial charge in [-0.15, -0.1) is 0 Å². The van der Waals surface area contributed by atoms with Gasteiger partial charge >= 0.3 is 0 Å². The Bertz CT molecular complexity index is 149. The summed E-state index contributed by atoms with van der Waals surface area (Å²) in [6.45, 7) is 12.1. The number of likely N-dealkylation sites (tertiary alicyclic amines) is 1. The molecular weight excluding hydrogens is 134 g/mol. The lowest BCUT2D eigenvalue weighted by Gasteiger charge is -2.37. The molecule has 1 heteroatoms. The van der Waals surface area contributed by atoms with Gasteiger partial charge < -0.3 is 4.90 Å². The molecule has 1 aliphatic rings. The van der Waals surface area contributed by atoms with E-state index < -0.39 is 0 Å². The number of piperidine rings is 1. The number of allylic oxidation sites excluding steroid dienone is 1. The first-order valence-corrected chi connectivity index (χ1v) is 4.55. The second-order valence-electron chi connectivity index (χ2n) is 3.95. The summed E-state index contributed by atoms with van der Waals surface area (Å²) in [7, 11) is 0. The predicted molar refractivity (Wildman–Crippen MR) is 49.4 cm³/mol. The minimum atomic E-state index is 0.634. The third-order valence-corrected chi connectivity index (χ3v) is 2.48. The summed E-state index contributed by atoms with van der Waals surface area (Å²) in [5, 5.41) is 0. The Morgan fingerprint density at radius 3 is 2.64 bits per heavy atom. The highest BCUT2D eigenvalue weighted by Gasteiger charge is 2.19. The maximum Gasteiger partial charge on any atom is 0.0230 e. The summed E-state index contributed by atoms with van der Waals surface area (Å²) in [4.78, 5) is 2.42. The molecule has 64 valence electrons. The number of nitrogens with zero attached hydrogens (tertiary/aromatic N) is 1. The standard InChI is InChI=1S/C10H19N/c1-8(2)11-6-5-9(3)7-10(11)4/h8-9H,4-7H2,1-3H3/t9-/m1/s1. The van der Waals surface area contributed by atoms with Gasteiger partial charge in [0.1, 0.15) is 0 Å². The van der Waals surface area contributed by atoms with Crippen molar-refractivity contribution in [2.24, 2.45) is 5.92 Å². The Balaban J connectivity index is 2.51. The van der Waals surface area contributed by atoms with Crippen LogP contribution in [0.5, 0.6) is 0 Å². The largest absolute Gasteiger partial charge is 0.373 e. The van der Waals surface area contributed by atoms with E-state index in [2.05, 4.69) is 32.3 Å². The Hall–Kier alpha value is -0.460. The van der Waals surface area contributed by atoms with Crippen molar-refractivity contribution < 1.29 is 0 Å². The molecule has 1 nitrogen and oxygen atoms in total. The van der Waals surface area contributed by atoms with E-state index in [-0.39, 0.29) is 0 Å². The molecule has 0 spiro atoms. The Morgan fingerprint density at radius 2 is 2.18 bits per heavy atom. The van der Waals surface area contributed by atoms with Gasteiger partial charge in [0.15, 0.2) is 0 Å². The zero-order valence-electron chi connectivity index (χ0n) is 7.93. The van der Waals surface area contributed by atoms with Crippen LogP contribution in [0.3, 0.4) is 0 Å². The SMILES string of the molecule is C=C1C[C@H](C)CCN1C(C)C. The first-order chi connectivity index (χ1) is 5.11. The zero-order valence-corrected chi connectivity index (χ0v) is 7.93. The van der Waals surface area contributed by atoms with Crippen molar-refractivity contribution in [1.29, 1.82) is 0 Å². The summed E-state index contributed by atoms with van der Waals surface area (Å²) in [6, 6.07) is 0.634. The minimum absolute atomic E-state index is 0.634. The van der Waals surface area contributed by atoms with Gasteiger partial charge in [-0.1, -0.05) is 13.5 Å². The van der Waals surface area contributed by atoms with Crippen LogP contribution >= 0.6 is 0 Å². The van der Waals surface area contributed by atoms with Crippen molar-refractivity contribution in [2.45, 2.75) is 39.7 Å². The monoisotopic (exact) mass is 153 g/mol. The van der Waals surface area contributed by atoms with Crippen LogP contribution in [0.25, 0.3) is 0 Å². The fourth-order valence-electron chi connectivity index (χ4n) is 1.76. The summed E-state index contributed by atoms with van der Waals surface area (Å²) in [5.41, 5.74) is 1.33. The van der Waals surface area contributed by atoms with Crippen molar-refractivity contribution in [1.82, 2.24) is 4.90 Å². The third kappa shape index (κ3) is 1.98. The van der Waals surface area contributed by atoms with E-state index >= 15 is 0 Å². The van der Waals surface area contributed by atoms with Crippen molar-refractivity contribution in [3.05, 3.63) is 12.3 Å². The summed E-state index contributed by atoms with van der Waals surface area (Å²) in [5.74, 6) is 0.845. The van der Waals surface area contributed by atoms with E-state index in [0.29, 0.717) is 6.04 Å². The quantitative estimate of drug-likeness (QED) is 0.560. The lowest BCUT2D eigenvalue weighted by atomic mass is 9.96. The molecule has 1 aliphatic heterocycles. The highest BCUT2D eigenvalue weighted by Crippen LogP contribution is 2.25. The van der Waals surface area contributed by atoms with Gasteiger partial charge in [0, 0.05) is 18.3 Å². The molecular formula is C10H19N. The van der Waals surface area contributed by atoms with E-state index in [1.807, 2.05) is 0 Å². The summed E-state index contributed by atoms with van der Waals surface area (Å²) in [6.07, 6.45) is 2.52. The Morgan fingerprint density at radius 1 is 1.55 bits per heavy atom. The van der Waals surface area contributed by atoms with Gasteiger partial charge in [-0.05, 0) is 32.6 Å². The lowest BCUT2D eigenvalue weighted by molar-refractivity contribution is 0.211. The molecule has 1 saturated heterocycles. The zero-order chi connectivity index (χ0) is 8.43. The van der Waals surface area contributed by atoms with Crippen molar-refractivity contribution in [3.8, 4) is 0 Å². The van der Waals surface area contributed by atoms with Crippen LogP contribution in [-0.4, -0.2) is 17.5 Å². The second kappa shape index (κ2) is 3.29. The van der Waals surface area contributed by atoms with Gasteiger partial charge in [0.25, 0.3) is 0 Å². The molecule has 1 atom stereocenters. The normalized spacial score (nSPS) is 26.4. The average molecular weight is 153 g/mol. The highest BCUT2D eigenvalue weighted by molar-refractivity contribution is 5.00. The molecule has 0 amide bonds. The molecule has 1 heterocycles. The average Bonchev–Trinajstić information content (AvgIpc) is 1.85. The van der Waals surface area contributed by atoms with Crippen molar-refractivity contribution >= 4 is 0 Å². The molecule has 0 radical (unpaired) electrons. The van der Waals surface area contributed by atoms with Crippen LogP contribution in [0.15, 0.2) is 12.3 Å². The van der Waals surface area contributed by atoms with E-state index in [9.17, 15) is 0 Å². The summed E-state index contributed by atoms with van der Waals surface area (Å²) < 4.78 is 0. The second-order valence-corrected chi connectivity index (χ2v) is 3.95. The third-order valence-electron chi connectivity index (χ3n) is 2.48. The first kappa shape index (κ1) is 8.63. The highest BCUT2D eigenvalue weighted by atomic mass is 15.2. The van der Waals surface area contributed by atoms with Gasteiger partial charge in [-0.2, -0.15) is 0 Å². The molecule has 1 fully saturated rings. The molecule has 0 N–H and O–H groups in total. The van der Waals surface area contributed by atoms with Crippen LogP contribution in [-0.2, 0) is 0 Å². The van der Waals surface area contributed by atoms with E-state index in [0.717, 1.165) is 5.92 Å². The topological polar surface area (TPSA) is 3.24 Å². The van der Waals surface area contributed by atoms with E-state index in [1.54, 1.807) is 0 Å². The van der Waals surface area contributed by atoms with Gasteiger partial charge in [-0.25, -0.2) is 0 Å². The van der Waals surface area contributed by atoms with Crippen LogP contribution in [0, 0.1) is 5.92 Å². The van der Waals surface area contributed by atoms with E-state index in [4.69, 9.17) is 0 Å². The minimum Gasteiger partial charge on any atom is -0.373 e. The summed E-state index contributed by atoms with van der Waals surface area (Å²) >= 11 is 0. The van der Waals surface area contributed by atoms with Crippen molar-refractivity contribution in [3.63, 3.8) is 0 Å². The van der Waals surface area contributed by atoms with Crippen LogP contribution < -0.4 is 0 Å². The molecule has 0 aromatic heterocycles. The van der Waals surface area contributed by atoms with Gasteiger partial charge in [0.05, 0.1) is 0 Å². The van der Waals surface area contributed by atoms with Crippen LogP contribution in [0.1, 0.15) is 33.6 Å². The predicted octanol–water partition coefficient (Wildman–Crippen LogP) is 2.64. The smallest absolute Gasteiger partial charge is 0.0230 e. The fraction of sp³-hybridized carbons (Fsp3) is 0.800. The number of rotatable bonds is 1. The Labute approximate surface area is 70.1 Å². The molecule has 0 saturated carbocycles. The molecule has 1 rings (SSSR count). The number of hydrogen-bond donors (Lipinski definition) is 0. The van der Waals surface area contributed by atoms with Crippen molar-refractivity contribution in [2.75, 3.05) is 6.54 Å². The molecule has 0 aliphatic carbocycles. The van der Waals surface area contributed by atoms with E-state index in [1.165, 1.54) is 25.1 Å². The fourth-order valence-corrected chi connectivity index (χ4v) is 1.76. The first-order valence-electron chi connectivity index (χ1n) is 4.55. The van der Waals surface area contributed by atoms with Crippen LogP contribution in [0.4, 0.5) is 0 Å². The molecule has 0 aromatic rings. The number of hydrogen-bond acceptors (Lipinski definition) is 1. The molecule has 0 aromatic carbocycles. The van der Waals surface area contributed by atoms with Crippen LogP contribution in [0.2, 0.25) is 0 Å². The van der Waals surface area contributed by atoms with Gasteiger partial charge in [0.2, 0.25) is 0 Å². The lowest BCUT2D eigenvalue weighted by Crippen LogP contribution is -2.35. The molecule has 0 bridgehead atoms. The molecule has 11 heavy (non-hydrogen) atoms. The molecule has 0 unspecified atom stereocenters. The maximum atomic E-state index is 4.09. The van der Waals surface area contributed by atoms with Gasteiger partial charge in [-0.3, -0.25) is 0 Å². The Kier molecular flexibility index (Phi) is 2.58.